The van der Waals surface area contributed by atoms with Gasteiger partial charge in [-0.2, -0.15) is 0 Å². The van der Waals surface area contributed by atoms with E-state index in [1.807, 2.05) is 30.9 Å². The number of hydrogen-bond donors (Lipinski definition) is 1. The summed E-state index contributed by atoms with van der Waals surface area (Å²) in [6.07, 6.45) is 2.23. The molecule has 1 aromatic rings. The number of ether oxygens (including phenoxy) is 1. The number of carbonyl (C=O) groups is 2. The van der Waals surface area contributed by atoms with Gasteiger partial charge in [-0.15, -0.1) is 0 Å². The quantitative estimate of drug-likeness (QED) is 0.824. The summed E-state index contributed by atoms with van der Waals surface area (Å²) in [7, 11) is 1.65. The topological polar surface area (TPSA) is 75.9 Å². The van der Waals surface area contributed by atoms with Gasteiger partial charge in [-0.1, -0.05) is 17.2 Å². The van der Waals surface area contributed by atoms with Crippen LogP contribution in [0, 0.1) is 19.3 Å². The highest BCUT2D eigenvalue weighted by atomic mass is 16.5. The maximum absolute atomic E-state index is 12.7. The van der Waals surface area contributed by atoms with Crippen LogP contribution >= 0.6 is 0 Å². The molecule has 1 aromatic carbocycles. The van der Waals surface area contributed by atoms with Crippen LogP contribution in [0.2, 0.25) is 0 Å². The van der Waals surface area contributed by atoms with Crippen molar-refractivity contribution in [2.24, 2.45) is 11.1 Å². The molecule has 2 amide bonds. The molecule has 0 atom stereocenters. The second kappa shape index (κ2) is 7.98. The predicted molar refractivity (Wildman–Crippen MR) is 105 cm³/mol. The van der Waals surface area contributed by atoms with Gasteiger partial charge in [0, 0.05) is 38.4 Å². The summed E-state index contributed by atoms with van der Waals surface area (Å²) in [6.45, 7) is 7.81. The van der Waals surface area contributed by atoms with Crippen LogP contribution in [0.5, 0.6) is 0 Å². The first kappa shape index (κ1) is 19.8. The lowest BCUT2D eigenvalue weighted by Gasteiger charge is -2.49. The average molecular weight is 373 g/mol. The van der Waals surface area contributed by atoms with Gasteiger partial charge in [0.1, 0.15) is 0 Å². The zero-order valence-corrected chi connectivity index (χ0v) is 16.7. The van der Waals surface area contributed by atoms with E-state index >= 15 is 0 Å². The molecule has 27 heavy (non-hydrogen) atoms. The van der Waals surface area contributed by atoms with E-state index in [0.29, 0.717) is 19.1 Å². The van der Waals surface area contributed by atoms with Crippen LogP contribution in [0.25, 0.3) is 0 Å². The number of amides is 2. The van der Waals surface area contributed by atoms with Crippen LogP contribution < -0.4 is 5.73 Å². The summed E-state index contributed by atoms with van der Waals surface area (Å²) in [5.41, 5.74) is 8.26. The Balaban J connectivity index is 1.53. The molecule has 0 spiro atoms. The summed E-state index contributed by atoms with van der Waals surface area (Å²) in [4.78, 5) is 29.0. The number of hydrogen-bond acceptors (Lipinski definition) is 4. The highest BCUT2D eigenvalue weighted by Crippen LogP contribution is 2.36. The van der Waals surface area contributed by atoms with Crippen molar-refractivity contribution in [2.75, 3.05) is 39.9 Å². The second-order valence-electron chi connectivity index (χ2n) is 8.16. The summed E-state index contributed by atoms with van der Waals surface area (Å²) >= 11 is 0. The maximum atomic E-state index is 12.7. The van der Waals surface area contributed by atoms with E-state index in [0.717, 1.165) is 55.7 Å². The van der Waals surface area contributed by atoms with Gasteiger partial charge in [0.15, 0.2) is 0 Å². The molecule has 0 radical (unpaired) electrons. The number of aryl methyl sites for hydroxylation is 2. The van der Waals surface area contributed by atoms with Crippen LogP contribution in [-0.2, 0) is 9.53 Å². The summed E-state index contributed by atoms with van der Waals surface area (Å²) in [5.74, 6) is -0.0962. The van der Waals surface area contributed by atoms with E-state index in [2.05, 4.69) is 11.0 Å². The Bertz CT molecular complexity index is 684. The molecule has 0 unspecified atom stereocenters. The normalized spacial score (nSPS) is 20.3. The van der Waals surface area contributed by atoms with Gasteiger partial charge in [-0.3, -0.25) is 14.5 Å². The Labute approximate surface area is 161 Å². The van der Waals surface area contributed by atoms with Crippen molar-refractivity contribution < 1.29 is 14.3 Å². The van der Waals surface area contributed by atoms with Crippen molar-refractivity contribution in [1.82, 2.24) is 9.80 Å². The monoisotopic (exact) mass is 373 g/mol. The van der Waals surface area contributed by atoms with Crippen LogP contribution in [0.3, 0.4) is 0 Å². The summed E-state index contributed by atoms with van der Waals surface area (Å²) in [5, 5.41) is 0. The molecule has 6 heteroatoms. The Hall–Kier alpha value is -1.92. The highest BCUT2D eigenvalue weighted by molar-refractivity contribution is 5.95. The average Bonchev–Trinajstić information content (AvgIpc) is 2.58. The lowest BCUT2D eigenvalue weighted by Crippen LogP contribution is -2.63. The van der Waals surface area contributed by atoms with Crippen molar-refractivity contribution in [2.45, 2.75) is 39.2 Å². The Morgan fingerprint density at radius 1 is 1.15 bits per heavy atom. The first-order valence-electron chi connectivity index (χ1n) is 9.75. The standard InChI is InChI=1S/C21H31N3O3/c1-15-10-16(2)12-17(11-15)19(25)24-13-18(14-24)23-7-4-21(5-8-23,20(22)26)6-9-27-3/h10-12,18H,4-9,13-14H2,1-3H3,(H2,22,26). The molecule has 3 rings (SSSR count). The van der Waals surface area contributed by atoms with Crippen molar-refractivity contribution in [3.8, 4) is 0 Å². The zero-order valence-electron chi connectivity index (χ0n) is 16.7. The molecule has 2 aliphatic rings. The molecule has 2 fully saturated rings. The number of nitrogens with two attached hydrogens (primary N) is 1. The summed E-state index contributed by atoms with van der Waals surface area (Å²) in [6, 6.07) is 6.38. The third-order valence-corrected chi connectivity index (χ3v) is 6.20. The fourth-order valence-electron chi connectivity index (χ4n) is 4.37. The largest absolute Gasteiger partial charge is 0.385 e. The molecule has 0 aliphatic carbocycles. The number of methoxy groups -OCH3 is 1. The maximum Gasteiger partial charge on any atom is 0.253 e. The van der Waals surface area contributed by atoms with E-state index in [9.17, 15) is 9.59 Å². The van der Waals surface area contributed by atoms with Crippen molar-refractivity contribution in [3.05, 3.63) is 34.9 Å². The first-order valence-corrected chi connectivity index (χ1v) is 9.75. The Morgan fingerprint density at radius 2 is 1.74 bits per heavy atom. The third kappa shape index (κ3) is 4.17. The van der Waals surface area contributed by atoms with Gasteiger partial charge in [-0.25, -0.2) is 0 Å². The van der Waals surface area contributed by atoms with E-state index in [1.165, 1.54) is 0 Å². The first-order chi connectivity index (χ1) is 12.8. The Kier molecular flexibility index (Phi) is 5.86. The molecule has 2 aliphatic heterocycles. The van der Waals surface area contributed by atoms with E-state index in [-0.39, 0.29) is 11.8 Å². The van der Waals surface area contributed by atoms with Crippen molar-refractivity contribution >= 4 is 11.8 Å². The van der Waals surface area contributed by atoms with E-state index < -0.39 is 5.41 Å². The van der Waals surface area contributed by atoms with Gasteiger partial charge in [0.05, 0.1) is 5.41 Å². The molecule has 2 N–H and O–H groups in total. The number of rotatable bonds is 6. The molecular formula is C21H31N3O3. The Morgan fingerprint density at radius 3 is 2.26 bits per heavy atom. The van der Waals surface area contributed by atoms with Gasteiger partial charge in [0.25, 0.3) is 5.91 Å². The number of primary amides is 1. The number of nitrogens with zero attached hydrogens (tertiary/aromatic N) is 2. The van der Waals surface area contributed by atoms with E-state index in [1.54, 1.807) is 7.11 Å². The minimum atomic E-state index is -0.440. The van der Waals surface area contributed by atoms with Crippen molar-refractivity contribution in [1.29, 1.82) is 0 Å². The molecule has 2 saturated heterocycles. The number of likely N-dealkylation sites (tertiary alicyclic amines) is 2. The molecule has 0 aromatic heterocycles. The van der Waals surface area contributed by atoms with Crippen LogP contribution in [0.4, 0.5) is 0 Å². The minimum absolute atomic E-state index is 0.113. The van der Waals surface area contributed by atoms with Crippen LogP contribution in [0.1, 0.15) is 40.7 Å². The van der Waals surface area contributed by atoms with E-state index in [4.69, 9.17) is 10.5 Å². The highest BCUT2D eigenvalue weighted by Gasteiger charge is 2.43. The fourth-order valence-corrected chi connectivity index (χ4v) is 4.37. The van der Waals surface area contributed by atoms with Crippen LogP contribution in [-0.4, -0.2) is 67.6 Å². The van der Waals surface area contributed by atoms with Crippen LogP contribution in [0.15, 0.2) is 18.2 Å². The molecule has 0 bridgehead atoms. The zero-order chi connectivity index (χ0) is 19.6. The van der Waals surface area contributed by atoms with Gasteiger partial charge in [-0.05, 0) is 58.3 Å². The van der Waals surface area contributed by atoms with Crippen molar-refractivity contribution in [3.63, 3.8) is 0 Å². The fraction of sp³-hybridized carbons (Fsp3) is 0.619. The number of piperidine rings is 1. The lowest BCUT2D eigenvalue weighted by atomic mass is 9.74. The van der Waals surface area contributed by atoms with Gasteiger partial charge >= 0.3 is 0 Å². The molecule has 2 heterocycles. The molecular weight excluding hydrogens is 342 g/mol. The predicted octanol–water partition coefficient (Wildman–Crippen LogP) is 1.73. The van der Waals surface area contributed by atoms with Gasteiger partial charge < -0.3 is 15.4 Å². The molecule has 148 valence electrons. The smallest absolute Gasteiger partial charge is 0.253 e. The molecule has 6 nitrogen and oxygen atoms in total. The third-order valence-electron chi connectivity index (χ3n) is 6.20. The molecule has 0 saturated carbocycles. The summed E-state index contributed by atoms with van der Waals surface area (Å²) < 4.78 is 5.16. The van der Waals surface area contributed by atoms with Gasteiger partial charge in [0.2, 0.25) is 5.91 Å². The number of carbonyl (C=O) groups excluding carboxylic acids is 2. The lowest BCUT2D eigenvalue weighted by molar-refractivity contribution is -0.132. The number of benzene rings is 1. The SMILES string of the molecule is COCCC1(C(N)=O)CCN(C2CN(C(=O)c3cc(C)cc(C)c3)C2)CC1. The minimum Gasteiger partial charge on any atom is -0.385 e. The second-order valence-corrected chi connectivity index (χ2v) is 8.16.